The number of carbonyl (C=O) groups excluding carboxylic acids is 4. The van der Waals surface area contributed by atoms with Gasteiger partial charge in [-0.25, -0.2) is 0 Å². The molecule has 210 valence electrons. The summed E-state index contributed by atoms with van der Waals surface area (Å²) in [4.78, 5) is 50.0. The van der Waals surface area contributed by atoms with Crippen molar-refractivity contribution in [3.05, 3.63) is 76.8 Å². The second kappa shape index (κ2) is 13.3. The highest BCUT2D eigenvalue weighted by Crippen LogP contribution is 2.23. The molecule has 2 atom stereocenters. The maximum Gasteiger partial charge on any atom is 0.405 e. The van der Waals surface area contributed by atoms with Crippen molar-refractivity contribution >= 4 is 41.2 Å². The Morgan fingerprint density at radius 3 is 2.03 bits per heavy atom. The van der Waals surface area contributed by atoms with Gasteiger partial charge in [0, 0.05) is 11.1 Å². The third kappa shape index (κ3) is 9.47. The Morgan fingerprint density at radius 2 is 1.49 bits per heavy atom. The van der Waals surface area contributed by atoms with Crippen molar-refractivity contribution in [3.8, 4) is 0 Å². The van der Waals surface area contributed by atoms with E-state index in [1.54, 1.807) is 42.5 Å². The van der Waals surface area contributed by atoms with Crippen LogP contribution in [0, 0.1) is 5.92 Å². The van der Waals surface area contributed by atoms with E-state index in [1.165, 1.54) is 32.1 Å². The first kappa shape index (κ1) is 31.4. The Bertz CT molecular complexity index is 1200. The number of amides is 3. The largest absolute Gasteiger partial charge is 0.405 e. The van der Waals surface area contributed by atoms with Gasteiger partial charge in [-0.05, 0) is 35.3 Å². The Labute approximate surface area is 225 Å². The van der Waals surface area contributed by atoms with Gasteiger partial charge in [-0.3, -0.25) is 19.2 Å². The van der Waals surface area contributed by atoms with E-state index in [0.717, 1.165) is 11.4 Å². The van der Waals surface area contributed by atoms with Gasteiger partial charge >= 0.3 is 12.1 Å². The summed E-state index contributed by atoms with van der Waals surface area (Å²) < 4.78 is 66.0. The summed E-state index contributed by atoms with van der Waals surface area (Å²) in [6.07, 6.45) is -2.42. The van der Waals surface area contributed by atoms with Crippen molar-refractivity contribution in [2.45, 2.75) is 38.0 Å². The molecule has 0 fully saturated rings. The minimum atomic E-state index is -4.98. The number of ketones is 1. The van der Waals surface area contributed by atoms with Crippen LogP contribution in [0.3, 0.4) is 0 Å². The number of halogens is 6. The van der Waals surface area contributed by atoms with Gasteiger partial charge in [0.25, 0.3) is 5.91 Å². The summed E-state index contributed by atoms with van der Waals surface area (Å²) in [5, 5.41) is 6.00. The predicted octanol–water partition coefficient (Wildman–Crippen LogP) is 4.23. The van der Waals surface area contributed by atoms with E-state index in [-0.39, 0.29) is 5.56 Å². The summed E-state index contributed by atoms with van der Waals surface area (Å²) in [5.41, 5.74) is 0.861. The van der Waals surface area contributed by atoms with Crippen molar-refractivity contribution in [3.63, 3.8) is 0 Å². The third-order valence-corrected chi connectivity index (χ3v) is 5.52. The molecule has 0 aliphatic heterocycles. The predicted molar refractivity (Wildman–Crippen MR) is 134 cm³/mol. The first-order valence-corrected chi connectivity index (χ1v) is 11.9. The van der Waals surface area contributed by atoms with Gasteiger partial charge < -0.3 is 16.0 Å². The highest BCUT2D eigenvalue weighted by molar-refractivity contribution is 6.30. The number of carbonyl (C=O) groups is 4. The van der Waals surface area contributed by atoms with Crippen LogP contribution in [0.15, 0.2) is 60.7 Å². The second-order valence-electron chi connectivity index (χ2n) is 8.70. The molecule has 2 aromatic rings. The quantitative estimate of drug-likeness (QED) is 0.213. The van der Waals surface area contributed by atoms with Crippen LogP contribution in [0.25, 0.3) is 6.08 Å². The Kier molecular flexibility index (Phi) is 10.7. The van der Waals surface area contributed by atoms with Crippen LogP contribution in [-0.4, -0.2) is 48.2 Å². The van der Waals surface area contributed by atoms with Crippen LogP contribution >= 0.6 is 11.6 Å². The fraction of sp³-hybridized carbons (Fsp3) is 0.308. The summed E-state index contributed by atoms with van der Waals surface area (Å²) in [5.74, 6) is -12.2. The molecule has 0 saturated heterocycles. The molecule has 0 bridgehead atoms. The third-order valence-electron chi connectivity index (χ3n) is 5.27. The molecule has 7 nitrogen and oxygen atoms in total. The van der Waals surface area contributed by atoms with E-state index in [1.807, 2.05) is 0 Å². The van der Waals surface area contributed by atoms with Gasteiger partial charge in [0.15, 0.2) is 0 Å². The van der Waals surface area contributed by atoms with Gasteiger partial charge in [0.1, 0.15) is 12.6 Å². The van der Waals surface area contributed by atoms with E-state index < -0.39 is 60.1 Å². The smallest absolute Gasteiger partial charge is 0.344 e. The van der Waals surface area contributed by atoms with E-state index >= 15 is 0 Å². The van der Waals surface area contributed by atoms with Crippen LogP contribution in [0.5, 0.6) is 0 Å². The molecule has 39 heavy (non-hydrogen) atoms. The van der Waals surface area contributed by atoms with Gasteiger partial charge in [-0.15, -0.1) is 0 Å². The highest BCUT2D eigenvalue weighted by Gasteiger charge is 2.52. The Balaban J connectivity index is 2.24. The van der Waals surface area contributed by atoms with Gasteiger partial charge in [0.2, 0.25) is 17.6 Å². The van der Waals surface area contributed by atoms with Crippen LogP contribution in [0.1, 0.15) is 31.0 Å². The van der Waals surface area contributed by atoms with Crippen LogP contribution in [0.2, 0.25) is 5.02 Å². The molecule has 0 saturated carbocycles. The van der Waals surface area contributed by atoms with E-state index in [9.17, 15) is 41.1 Å². The molecule has 1 unspecified atom stereocenters. The molecule has 13 heteroatoms. The fourth-order valence-electron chi connectivity index (χ4n) is 3.25. The average Bonchev–Trinajstić information content (AvgIpc) is 2.87. The molecule has 0 heterocycles. The molecular weight excluding hydrogens is 549 g/mol. The number of benzene rings is 2. The molecule has 0 aliphatic rings. The molecule has 0 aliphatic carbocycles. The molecule has 2 rings (SSSR count). The molecule has 0 radical (unpaired) electrons. The lowest BCUT2D eigenvalue weighted by Gasteiger charge is -2.27. The number of Topliss-reactive ketones (excluding diaryl/α,β-unsaturated/α-hetero) is 1. The van der Waals surface area contributed by atoms with Crippen molar-refractivity contribution in [1.82, 2.24) is 16.0 Å². The van der Waals surface area contributed by atoms with Crippen molar-refractivity contribution in [2.24, 2.45) is 5.92 Å². The average molecular weight is 574 g/mol. The van der Waals surface area contributed by atoms with Crippen LogP contribution in [0.4, 0.5) is 22.0 Å². The Hall–Kier alpha value is -3.80. The topological polar surface area (TPSA) is 104 Å². The second-order valence-corrected chi connectivity index (χ2v) is 9.14. The summed E-state index contributed by atoms with van der Waals surface area (Å²) in [7, 11) is 0. The minimum absolute atomic E-state index is 0.243. The molecule has 3 N–H and O–H groups in total. The molecular formula is C26H25ClF5N3O4. The zero-order chi connectivity index (χ0) is 29.4. The number of hydrogen-bond acceptors (Lipinski definition) is 4. The normalized spacial score (nSPS) is 13.6. The summed E-state index contributed by atoms with van der Waals surface area (Å²) in [6, 6.07) is 10.7. The number of nitrogens with one attached hydrogen (secondary N) is 3. The van der Waals surface area contributed by atoms with E-state index in [0.29, 0.717) is 10.6 Å². The fourth-order valence-corrected chi connectivity index (χ4v) is 3.38. The highest BCUT2D eigenvalue weighted by atomic mass is 35.5. The Morgan fingerprint density at radius 1 is 0.897 bits per heavy atom. The lowest BCUT2D eigenvalue weighted by atomic mass is 9.94. The standard InChI is InChI=1S/C26H25ClF5N3O4/c1-15(2)20(22(37)26(31,32)24(39)33-14-25(28,29)30)35-23(38)21(17-6-4-3-5-7-17)34-19(36)13-10-16-8-11-18(27)12-9-16/h3-13,15,20-21H,14H2,1-2H3,(H,33,39)(H,34,36)(H,35,38)/b13-10+/t20-,21?/m0/s1. The minimum Gasteiger partial charge on any atom is -0.344 e. The number of alkyl halides is 5. The van der Waals surface area contributed by atoms with Gasteiger partial charge in [0.05, 0.1) is 6.04 Å². The zero-order valence-electron chi connectivity index (χ0n) is 20.7. The summed E-state index contributed by atoms with van der Waals surface area (Å²) >= 11 is 5.82. The lowest BCUT2D eigenvalue weighted by molar-refractivity contribution is -0.165. The van der Waals surface area contributed by atoms with Crippen molar-refractivity contribution < 1.29 is 41.1 Å². The lowest BCUT2D eigenvalue weighted by Crippen LogP contribution is -2.58. The first-order chi connectivity index (χ1) is 18.1. The molecule has 3 amide bonds. The molecule has 2 aromatic carbocycles. The van der Waals surface area contributed by atoms with Crippen molar-refractivity contribution in [1.29, 1.82) is 0 Å². The molecule has 0 aromatic heterocycles. The molecule has 0 spiro atoms. The van der Waals surface area contributed by atoms with Gasteiger partial charge in [-0.2, -0.15) is 22.0 Å². The van der Waals surface area contributed by atoms with Gasteiger partial charge in [-0.1, -0.05) is 67.9 Å². The number of hydrogen-bond donors (Lipinski definition) is 3. The summed E-state index contributed by atoms with van der Waals surface area (Å²) in [6.45, 7) is 0.508. The maximum atomic E-state index is 14.5. The maximum absolute atomic E-state index is 14.5. The van der Waals surface area contributed by atoms with E-state index in [4.69, 9.17) is 11.6 Å². The number of rotatable bonds is 11. The SMILES string of the molecule is CC(C)[C@H](NC(=O)C(NC(=O)/C=C/c1ccc(Cl)cc1)c1ccccc1)C(=O)C(F)(F)C(=O)NCC(F)(F)F. The van der Waals surface area contributed by atoms with Crippen LogP contribution in [-0.2, 0) is 19.2 Å². The van der Waals surface area contributed by atoms with E-state index in [2.05, 4.69) is 10.6 Å². The zero-order valence-corrected chi connectivity index (χ0v) is 21.4. The monoisotopic (exact) mass is 573 g/mol. The van der Waals surface area contributed by atoms with Crippen molar-refractivity contribution in [2.75, 3.05) is 6.54 Å². The first-order valence-electron chi connectivity index (χ1n) is 11.5. The van der Waals surface area contributed by atoms with Crippen LogP contribution < -0.4 is 16.0 Å².